The topological polar surface area (TPSA) is 39.3 Å². The molecule has 2 aromatic carbocycles. The first-order valence-corrected chi connectivity index (χ1v) is 9.87. The molecule has 0 unspecified atom stereocenters. The van der Waals surface area contributed by atoms with Gasteiger partial charge in [-0.2, -0.15) is 0 Å². The number of halogens is 1. The van der Waals surface area contributed by atoms with Crippen LogP contribution >= 0.6 is 11.6 Å². The summed E-state index contributed by atoms with van der Waals surface area (Å²) in [7, 11) is 0. The van der Waals surface area contributed by atoms with Gasteiger partial charge in [-0.05, 0) is 74.4 Å². The van der Waals surface area contributed by atoms with Gasteiger partial charge < -0.3 is 9.80 Å². The highest BCUT2D eigenvalue weighted by atomic mass is 35.5. The number of nitrogens with zero attached hydrogens (tertiary/aromatic N) is 3. The average molecular weight is 381 g/mol. The number of piperidine rings is 1. The third-order valence-electron chi connectivity index (χ3n) is 5.37. The second-order valence-electron chi connectivity index (χ2n) is 7.00. The Morgan fingerprint density at radius 2 is 1.81 bits per heavy atom. The van der Waals surface area contributed by atoms with Crippen LogP contribution in [0.3, 0.4) is 0 Å². The van der Waals surface area contributed by atoms with E-state index in [1.54, 1.807) is 12.1 Å². The van der Waals surface area contributed by atoms with Gasteiger partial charge in [0.1, 0.15) is 5.82 Å². The monoisotopic (exact) mass is 380 g/mol. The van der Waals surface area contributed by atoms with Gasteiger partial charge in [0.05, 0.1) is 5.52 Å². The van der Waals surface area contributed by atoms with E-state index in [-0.39, 0.29) is 5.75 Å². The third-order valence-corrected chi connectivity index (χ3v) is 5.63. The second kappa shape index (κ2) is 7.65. The van der Waals surface area contributed by atoms with Gasteiger partial charge in [0, 0.05) is 41.8 Å². The predicted molar refractivity (Wildman–Crippen MR) is 112 cm³/mol. The standard InChI is InChI=1S/C22H23ClN3O/c1-2-26(18-6-4-17(23)5-7-18)19-11-13-25(14-12-19)22-10-3-16-15-20(27)8-9-21(16)24-22/h3-10,15,19H,2,11-14H2,1H3. The Labute approximate surface area is 165 Å². The molecule has 1 radical (unpaired) electrons. The normalized spacial score (nSPS) is 15.3. The summed E-state index contributed by atoms with van der Waals surface area (Å²) >= 11 is 6.03. The zero-order valence-corrected chi connectivity index (χ0v) is 16.2. The average Bonchev–Trinajstić information content (AvgIpc) is 2.70. The molecule has 4 nitrogen and oxygen atoms in total. The fourth-order valence-electron chi connectivity index (χ4n) is 3.96. The van der Waals surface area contributed by atoms with E-state index in [1.807, 2.05) is 30.3 Å². The number of fused-ring (bicyclic) bond motifs is 1. The third kappa shape index (κ3) is 3.81. The van der Waals surface area contributed by atoms with Crippen molar-refractivity contribution < 1.29 is 5.11 Å². The van der Waals surface area contributed by atoms with Crippen molar-refractivity contribution in [2.45, 2.75) is 25.8 Å². The molecule has 27 heavy (non-hydrogen) atoms. The van der Waals surface area contributed by atoms with Gasteiger partial charge in [0.2, 0.25) is 0 Å². The van der Waals surface area contributed by atoms with Gasteiger partial charge in [0.15, 0.2) is 5.75 Å². The van der Waals surface area contributed by atoms with Gasteiger partial charge in [-0.3, -0.25) is 5.11 Å². The number of hydrogen-bond donors (Lipinski definition) is 0. The fraction of sp³-hybridized carbons (Fsp3) is 0.318. The molecule has 0 spiro atoms. The van der Waals surface area contributed by atoms with Crippen LogP contribution < -0.4 is 9.80 Å². The zero-order chi connectivity index (χ0) is 18.8. The van der Waals surface area contributed by atoms with Crippen molar-refractivity contribution in [1.29, 1.82) is 0 Å². The first-order valence-electron chi connectivity index (χ1n) is 9.49. The summed E-state index contributed by atoms with van der Waals surface area (Å²) in [5, 5.41) is 13.2. The SMILES string of the molecule is CCN(c1ccc(Cl)cc1)C1CCN(c2ccc3cc([O])ccc3n2)CC1. The Morgan fingerprint density at radius 1 is 1.07 bits per heavy atom. The molecule has 0 aliphatic carbocycles. The lowest BCUT2D eigenvalue weighted by Crippen LogP contribution is -2.45. The number of hydrogen-bond acceptors (Lipinski definition) is 3. The van der Waals surface area contributed by atoms with Crippen molar-refractivity contribution in [1.82, 2.24) is 4.98 Å². The van der Waals surface area contributed by atoms with Gasteiger partial charge >= 0.3 is 0 Å². The van der Waals surface area contributed by atoms with E-state index in [4.69, 9.17) is 16.6 Å². The Kier molecular flexibility index (Phi) is 5.08. The number of anilines is 2. The minimum atomic E-state index is 0.0275. The van der Waals surface area contributed by atoms with E-state index in [9.17, 15) is 5.11 Å². The van der Waals surface area contributed by atoms with Crippen LogP contribution in [-0.2, 0) is 5.11 Å². The number of pyridine rings is 1. The molecule has 0 saturated carbocycles. The smallest absolute Gasteiger partial charge is 0.179 e. The lowest BCUT2D eigenvalue weighted by Gasteiger charge is -2.40. The second-order valence-corrected chi connectivity index (χ2v) is 7.44. The largest absolute Gasteiger partial charge is 0.369 e. The molecule has 1 aliphatic rings. The van der Waals surface area contributed by atoms with Crippen molar-refractivity contribution in [3.63, 3.8) is 0 Å². The van der Waals surface area contributed by atoms with Crippen LogP contribution in [0.1, 0.15) is 19.8 Å². The van der Waals surface area contributed by atoms with Crippen LogP contribution in [0.15, 0.2) is 54.6 Å². The van der Waals surface area contributed by atoms with Crippen LogP contribution in [0.2, 0.25) is 5.02 Å². The molecule has 0 bridgehead atoms. The predicted octanol–water partition coefficient (Wildman–Crippen LogP) is 5.53. The number of rotatable bonds is 4. The lowest BCUT2D eigenvalue weighted by molar-refractivity contribution is 0.355. The highest BCUT2D eigenvalue weighted by Crippen LogP contribution is 2.28. The van der Waals surface area contributed by atoms with Crippen LogP contribution in [0, 0.1) is 0 Å². The fourth-order valence-corrected chi connectivity index (χ4v) is 4.09. The Balaban J connectivity index is 1.46. The summed E-state index contributed by atoms with van der Waals surface area (Å²) in [5.41, 5.74) is 2.11. The van der Waals surface area contributed by atoms with Crippen LogP contribution in [0.4, 0.5) is 11.5 Å². The summed E-state index contributed by atoms with van der Waals surface area (Å²) in [4.78, 5) is 9.57. The molecule has 1 saturated heterocycles. The first kappa shape index (κ1) is 17.9. The first-order chi connectivity index (χ1) is 13.1. The molecule has 0 atom stereocenters. The molecule has 3 aromatic rings. The van der Waals surface area contributed by atoms with E-state index in [0.29, 0.717) is 6.04 Å². The molecule has 139 valence electrons. The Bertz CT molecular complexity index is 920. The lowest BCUT2D eigenvalue weighted by atomic mass is 10.0. The number of aromatic nitrogens is 1. The minimum Gasteiger partial charge on any atom is -0.369 e. The highest BCUT2D eigenvalue weighted by molar-refractivity contribution is 6.30. The Morgan fingerprint density at radius 3 is 2.52 bits per heavy atom. The molecule has 5 heteroatoms. The van der Waals surface area contributed by atoms with Crippen LogP contribution in [-0.4, -0.2) is 30.7 Å². The molecule has 1 aliphatic heterocycles. The molecule has 0 amide bonds. The summed E-state index contributed by atoms with van der Waals surface area (Å²) < 4.78 is 0. The van der Waals surface area contributed by atoms with Crippen molar-refractivity contribution in [2.24, 2.45) is 0 Å². The molecule has 1 aromatic heterocycles. The molecule has 2 heterocycles. The minimum absolute atomic E-state index is 0.0275. The van der Waals surface area contributed by atoms with E-state index in [2.05, 4.69) is 28.9 Å². The summed E-state index contributed by atoms with van der Waals surface area (Å²) in [6.07, 6.45) is 2.19. The van der Waals surface area contributed by atoms with Crippen molar-refractivity contribution in [2.75, 3.05) is 29.4 Å². The summed E-state index contributed by atoms with van der Waals surface area (Å²) in [6, 6.07) is 17.7. The molecule has 0 N–H and O–H groups in total. The zero-order valence-electron chi connectivity index (χ0n) is 15.4. The van der Waals surface area contributed by atoms with Crippen molar-refractivity contribution >= 4 is 34.0 Å². The van der Waals surface area contributed by atoms with Gasteiger partial charge in [-0.1, -0.05) is 11.6 Å². The van der Waals surface area contributed by atoms with E-state index >= 15 is 0 Å². The molecular weight excluding hydrogens is 358 g/mol. The van der Waals surface area contributed by atoms with E-state index < -0.39 is 0 Å². The van der Waals surface area contributed by atoms with E-state index in [1.165, 1.54) is 5.69 Å². The number of benzene rings is 2. The van der Waals surface area contributed by atoms with Gasteiger partial charge in [-0.25, -0.2) is 4.98 Å². The van der Waals surface area contributed by atoms with Gasteiger partial charge in [-0.15, -0.1) is 0 Å². The van der Waals surface area contributed by atoms with E-state index in [0.717, 1.165) is 54.2 Å². The maximum absolute atomic E-state index is 11.5. The Hall–Kier alpha value is -2.46. The van der Waals surface area contributed by atoms with Crippen molar-refractivity contribution in [3.05, 3.63) is 59.6 Å². The quantitative estimate of drug-likeness (QED) is 0.597. The van der Waals surface area contributed by atoms with Gasteiger partial charge in [0.25, 0.3) is 0 Å². The maximum atomic E-state index is 11.5. The highest BCUT2D eigenvalue weighted by Gasteiger charge is 2.24. The summed E-state index contributed by atoms with van der Waals surface area (Å²) in [6.45, 7) is 5.15. The molecule has 4 rings (SSSR count). The molecular formula is C22H23ClN3O. The van der Waals surface area contributed by atoms with Crippen LogP contribution in [0.5, 0.6) is 5.75 Å². The molecule has 1 fully saturated rings. The van der Waals surface area contributed by atoms with Crippen LogP contribution in [0.25, 0.3) is 10.9 Å². The van der Waals surface area contributed by atoms with Crippen molar-refractivity contribution in [3.8, 4) is 5.75 Å². The summed E-state index contributed by atoms with van der Waals surface area (Å²) in [5.74, 6) is 1.02. The maximum Gasteiger partial charge on any atom is 0.179 e.